The number of imide groups is 1. The van der Waals surface area contributed by atoms with E-state index in [1.807, 2.05) is 19.1 Å². The Bertz CT molecular complexity index is 1030. The van der Waals surface area contributed by atoms with Crippen LogP contribution in [0.25, 0.3) is 0 Å². The summed E-state index contributed by atoms with van der Waals surface area (Å²) >= 11 is 0. The summed E-state index contributed by atoms with van der Waals surface area (Å²) < 4.78 is 11.6. The molecule has 0 saturated carbocycles. The summed E-state index contributed by atoms with van der Waals surface area (Å²) in [6, 6.07) is 10.5. The van der Waals surface area contributed by atoms with Gasteiger partial charge in [-0.15, -0.1) is 0 Å². The fourth-order valence-corrected chi connectivity index (χ4v) is 4.42. The highest BCUT2D eigenvalue weighted by molar-refractivity contribution is 6.22. The lowest BCUT2D eigenvalue weighted by Gasteiger charge is -2.36. The maximum Gasteiger partial charge on any atom is 0.262 e. The van der Waals surface area contributed by atoms with Crippen molar-refractivity contribution in [2.75, 3.05) is 26.3 Å². The van der Waals surface area contributed by atoms with Gasteiger partial charge in [0, 0.05) is 13.0 Å². The van der Waals surface area contributed by atoms with Gasteiger partial charge in [-0.2, -0.15) is 0 Å². The standard InChI is InChI=1S/C23H22N2O5/c1-14-18-12-20-19(29-9-4-10-30-20)11-15(18)7-8-24(14)21(26)13-25-22(27)16-5-2-3-6-17(16)23(25)28/h2-3,5-6,11-12,14H,4,7-10,13H2,1H3. The van der Waals surface area contributed by atoms with Crippen LogP contribution in [-0.4, -0.2) is 53.8 Å². The van der Waals surface area contributed by atoms with Crippen molar-refractivity contribution in [3.8, 4) is 11.5 Å². The molecule has 5 rings (SSSR count). The van der Waals surface area contributed by atoms with Crippen molar-refractivity contribution in [3.63, 3.8) is 0 Å². The van der Waals surface area contributed by atoms with Crippen LogP contribution in [0, 0.1) is 0 Å². The molecule has 0 bridgehead atoms. The van der Waals surface area contributed by atoms with E-state index < -0.39 is 11.8 Å². The lowest BCUT2D eigenvalue weighted by atomic mass is 9.92. The number of hydrogen-bond donors (Lipinski definition) is 0. The summed E-state index contributed by atoms with van der Waals surface area (Å²) in [4.78, 5) is 41.1. The van der Waals surface area contributed by atoms with Crippen LogP contribution in [0.3, 0.4) is 0 Å². The molecule has 154 valence electrons. The Morgan fingerprint density at radius 2 is 1.67 bits per heavy atom. The van der Waals surface area contributed by atoms with E-state index in [2.05, 4.69) is 0 Å². The Hall–Kier alpha value is -3.35. The van der Waals surface area contributed by atoms with E-state index in [0.717, 1.165) is 28.2 Å². The zero-order valence-electron chi connectivity index (χ0n) is 16.7. The van der Waals surface area contributed by atoms with Crippen LogP contribution >= 0.6 is 0 Å². The quantitative estimate of drug-likeness (QED) is 0.717. The molecule has 7 nitrogen and oxygen atoms in total. The monoisotopic (exact) mass is 406 g/mol. The highest BCUT2D eigenvalue weighted by Crippen LogP contribution is 2.39. The van der Waals surface area contributed by atoms with Gasteiger partial charge in [0.1, 0.15) is 6.54 Å². The maximum atomic E-state index is 13.1. The Kier molecular flexibility index (Phi) is 4.46. The minimum absolute atomic E-state index is 0.186. The summed E-state index contributed by atoms with van der Waals surface area (Å²) in [6.45, 7) is 3.46. The molecule has 0 saturated heterocycles. The van der Waals surface area contributed by atoms with Gasteiger partial charge in [0.2, 0.25) is 5.91 Å². The zero-order valence-corrected chi connectivity index (χ0v) is 16.7. The van der Waals surface area contributed by atoms with Crippen LogP contribution in [0.2, 0.25) is 0 Å². The average Bonchev–Trinajstić information content (AvgIpc) is 2.91. The van der Waals surface area contributed by atoms with Gasteiger partial charge in [0.15, 0.2) is 11.5 Å². The van der Waals surface area contributed by atoms with Gasteiger partial charge in [-0.05, 0) is 48.7 Å². The van der Waals surface area contributed by atoms with Crippen LogP contribution < -0.4 is 9.47 Å². The molecule has 7 heteroatoms. The second-order valence-corrected chi connectivity index (χ2v) is 7.80. The first-order valence-corrected chi connectivity index (χ1v) is 10.2. The minimum Gasteiger partial charge on any atom is -0.490 e. The van der Waals surface area contributed by atoms with Crippen LogP contribution in [0.4, 0.5) is 0 Å². The van der Waals surface area contributed by atoms with E-state index in [1.54, 1.807) is 29.2 Å². The Morgan fingerprint density at radius 3 is 2.33 bits per heavy atom. The maximum absolute atomic E-state index is 13.1. The molecule has 0 aromatic heterocycles. The SMILES string of the molecule is CC1c2cc3c(cc2CCN1C(=O)CN1C(=O)c2ccccc2C1=O)OCCCO3. The Morgan fingerprint density at radius 1 is 1.03 bits per heavy atom. The third-order valence-electron chi connectivity index (χ3n) is 6.04. The molecule has 2 aromatic rings. The van der Waals surface area contributed by atoms with Gasteiger partial charge in [0.05, 0.1) is 30.4 Å². The minimum atomic E-state index is -0.412. The van der Waals surface area contributed by atoms with Crippen LogP contribution in [-0.2, 0) is 11.2 Å². The molecule has 0 radical (unpaired) electrons. The predicted octanol–water partition coefficient (Wildman–Crippen LogP) is 2.59. The van der Waals surface area contributed by atoms with E-state index in [4.69, 9.17) is 9.47 Å². The molecule has 2 aromatic carbocycles. The molecule has 0 spiro atoms. The number of carbonyl (C=O) groups excluding carboxylic acids is 3. The molecule has 3 heterocycles. The van der Waals surface area contributed by atoms with Crippen molar-refractivity contribution in [1.82, 2.24) is 9.80 Å². The van der Waals surface area contributed by atoms with E-state index in [9.17, 15) is 14.4 Å². The van der Waals surface area contributed by atoms with Gasteiger partial charge >= 0.3 is 0 Å². The molecule has 1 atom stereocenters. The summed E-state index contributed by atoms with van der Waals surface area (Å²) in [5, 5.41) is 0. The predicted molar refractivity (Wildman–Crippen MR) is 108 cm³/mol. The average molecular weight is 406 g/mol. The molecule has 1 unspecified atom stereocenters. The molecule has 3 aliphatic rings. The zero-order chi connectivity index (χ0) is 20.8. The van der Waals surface area contributed by atoms with Crippen molar-refractivity contribution in [3.05, 3.63) is 58.7 Å². The van der Waals surface area contributed by atoms with E-state index in [1.165, 1.54) is 0 Å². The summed E-state index contributed by atoms with van der Waals surface area (Å²) in [6.07, 6.45) is 1.52. The van der Waals surface area contributed by atoms with Crippen molar-refractivity contribution < 1.29 is 23.9 Å². The topological polar surface area (TPSA) is 76.2 Å². The highest BCUT2D eigenvalue weighted by Gasteiger charge is 2.38. The van der Waals surface area contributed by atoms with Gasteiger partial charge in [-0.3, -0.25) is 19.3 Å². The van der Waals surface area contributed by atoms with Crippen LogP contribution in [0.5, 0.6) is 11.5 Å². The molecule has 0 fully saturated rings. The smallest absolute Gasteiger partial charge is 0.262 e. The van der Waals surface area contributed by atoms with Crippen molar-refractivity contribution in [2.45, 2.75) is 25.8 Å². The summed E-state index contributed by atoms with van der Waals surface area (Å²) in [7, 11) is 0. The second kappa shape index (κ2) is 7.16. The Labute approximate surface area is 174 Å². The third-order valence-corrected chi connectivity index (χ3v) is 6.04. The number of nitrogens with zero attached hydrogens (tertiary/aromatic N) is 2. The van der Waals surface area contributed by atoms with Crippen LogP contribution in [0.15, 0.2) is 36.4 Å². The first-order chi connectivity index (χ1) is 14.5. The molecular formula is C23H22N2O5. The Balaban J connectivity index is 1.36. The highest BCUT2D eigenvalue weighted by atomic mass is 16.5. The van der Waals surface area contributed by atoms with Crippen molar-refractivity contribution in [1.29, 1.82) is 0 Å². The summed E-state index contributed by atoms with van der Waals surface area (Å²) in [5.41, 5.74) is 2.86. The van der Waals surface area contributed by atoms with E-state index in [-0.39, 0.29) is 18.5 Å². The second-order valence-electron chi connectivity index (χ2n) is 7.80. The number of amides is 3. The fraction of sp³-hybridized carbons (Fsp3) is 0.348. The largest absolute Gasteiger partial charge is 0.490 e. The van der Waals surface area contributed by atoms with Gasteiger partial charge < -0.3 is 14.4 Å². The summed E-state index contributed by atoms with van der Waals surface area (Å²) in [5.74, 6) is 0.390. The number of carbonyl (C=O) groups is 3. The fourth-order valence-electron chi connectivity index (χ4n) is 4.42. The van der Waals surface area contributed by atoms with Gasteiger partial charge in [-0.25, -0.2) is 0 Å². The first-order valence-electron chi connectivity index (χ1n) is 10.2. The lowest BCUT2D eigenvalue weighted by Crippen LogP contribution is -2.46. The molecule has 3 aliphatic heterocycles. The molecular weight excluding hydrogens is 384 g/mol. The molecule has 30 heavy (non-hydrogen) atoms. The number of rotatable bonds is 2. The lowest BCUT2D eigenvalue weighted by molar-refractivity contribution is -0.134. The van der Waals surface area contributed by atoms with Gasteiger partial charge in [0.25, 0.3) is 11.8 Å². The number of hydrogen-bond acceptors (Lipinski definition) is 5. The van der Waals surface area contributed by atoms with E-state index >= 15 is 0 Å². The third kappa shape index (κ3) is 2.93. The number of ether oxygens (including phenoxy) is 2. The van der Waals surface area contributed by atoms with E-state index in [0.29, 0.717) is 43.1 Å². The molecule has 0 N–H and O–H groups in total. The van der Waals surface area contributed by atoms with Crippen molar-refractivity contribution >= 4 is 17.7 Å². The molecule has 3 amide bonds. The normalized spacial score (nSPS) is 20.0. The van der Waals surface area contributed by atoms with Crippen LogP contribution in [0.1, 0.15) is 51.2 Å². The number of benzene rings is 2. The molecule has 0 aliphatic carbocycles. The van der Waals surface area contributed by atoms with Gasteiger partial charge in [-0.1, -0.05) is 12.1 Å². The van der Waals surface area contributed by atoms with Crippen molar-refractivity contribution in [2.24, 2.45) is 0 Å². The number of fused-ring (bicyclic) bond motifs is 3. The first kappa shape index (κ1) is 18.7.